The number of carboxylic acids is 1. The fourth-order valence-electron chi connectivity index (χ4n) is 3.45. The van der Waals surface area contributed by atoms with Crippen molar-refractivity contribution in [3.63, 3.8) is 0 Å². The molecule has 0 spiro atoms. The van der Waals surface area contributed by atoms with Crippen molar-refractivity contribution in [2.45, 2.75) is 38.5 Å². The Hall–Kier alpha value is -1.09. The summed E-state index contributed by atoms with van der Waals surface area (Å²) in [5.41, 5.74) is 2.24. The summed E-state index contributed by atoms with van der Waals surface area (Å²) in [7, 11) is 0. The van der Waals surface area contributed by atoms with Gasteiger partial charge in [-0.05, 0) is 54.5 Å². The Kier molecular flexibility index (Phi) is 3.25. The van der Waals surface area contributed by atoms with Gasteiger partial charge in [-0.15, -0.1) is 11.3 Å². The zero-order valence-corrected chi connectivity index (χ0v) is 11.2. The standard InChI is InChI=1S/C15H18O2S/c16-15(17)14-13(7-8-18-14)12-6-5-10-3-1-2-4-11(10)9-12/h7-11H,1-6H2,(H,16,17). The van der Waals surface area contributed by atoms with E-state index in [1.54, 1.807) is 0 Å². The number of hydrogen-bond acceptors (Lipinski definition) is 2. The van der Waals surface area contributed by atoms with Crippen LogP contribution in [0.3, 0.4) is 0 Å². The molecule has 96 valence electrons. The highest BCUT2D eigenvalue weighted by Crippen LogP contribution is 2.42. The zero-order chi connectivity index (χ0) is 12.5. The van der Waals surface area contributed by atoms with E-state index in [0.717, 1.165) is 17.9 Å². The molecule has 1 aromatic heterocycles. The minimum absolute atomic E-state index is 0.510. The Morgan fingerprint density at radius 3 is 2.94 bits per heavy atom. The lowest BCUT2D eigenvalue weighted by Crippen LogP contribution is -2.21. The number of fused-ring (bicyclic) bond motifs is 1. The van der Waals surface area contributed by atoms with Crippen LogP contribution in [-0.2, 0) is 0 Å². The lowest BCUT2D eigenvalue weighted by atomic mass is 9.71. The van der Waals surface area contributed by atoms with E-state index < -0.39 is 5.97 Å². The monoisotopic (exact) mass is 262 g/mol. The highest BCUT2D eigenvalue weighted by atomic mass is 32.1. The van der Waals surface area contributed by atoms with E-state index in [0.29, 0.717) is 10.8 Å². The molecule has 1 aromatic rings. The molecule has 1 N–H and O–H groups in total. The summed E-state index contributed by atoms with van der Waals surface area (Å²) in [6, 6.07) is 1.98. The van der Waals surface area contributed by atoms with Gasteiger partial charge >= 0.3 is 5.97 Å². The van der Waals surface area contributed by atoms with Gasteiger partial charge in [0.2, 0.25) is 0 Å². The third-order valence-electron chi connectivity index (χ3n) is 4.37. The maximum absolute atomic E-state index is 11.2. The molecule has 0 aliphatic heterocycles. The van der Waals surface area contributed by atoms with Crippen molar-refractivity contribution in [2.75, 3.05) is 0 Å². The van der Waals surface area contributed by atoms with Crippen LogP contribution in [0.25, 0.3) is 5.57 Å². The molecule has 3 heteroatoms. The first kappa shape index (κ1) is 12.0. The first-order valence-electron chi connectivity index (χ1n) is 6.77. The molecule has 2 atom stereocenters. The summed E-state index contributed by atoms with van der Waals surface area (Å²) in [5.74, 6) is 0.769. The highest BCUT2D eigenvalue weighted by Gasteiger charge is 2.28. The average Bonchev–Trinajstić information content (AvgIpc) is 2.87. The first-order chi connectivity index (χ1) is 8.75. The van der Waals surface area contributed by atoms with Crippen LogP contribution in [0, 0.1) is 11.8 Å². The van der Waals surface area contributed by atoms with E-state index in [2.05, 4.69) is 6.08 Å². The second kappa shape index (κ2) is 4.88. The zero-order valence-electron chi connectivity index (χ0n) is 10.4. The van der Waals surface area contributed by atoms with Crippen LogP contribution in [0.2, 0.25) is 0 Å². The van der Waals surface area contributed by atoms with E-state index in [1.165, 1.54) is 49.0 Å². The minimum Gasteiger partial charge on any atom is -0.477 e. The SMILES string of the molecule is O=C(O)c1sccc1C1=CC2CCCCC2CC1. The van der Waals surface area contributed by atoms with E-state index in [9.17, 15) is 9.90 Å². The third kappa shape index (κ3) is 2.12. The average molecular weight is 262 g/mol. The molecule has 0 radical (unpaired) electrons. The molecule has 2 unspecified atom stereocenters. The molecular formula is C15H18O2S. The van der Waals surface area contributed by atoms with Crippen LogP contribution in [0.4, 0.5) is 0 Å². The largest absolute Gasteiger partial charge is 0.477 e. The van der Waals surface area contributed by atoms with Crippen molar-refractivity contribution < 1.29 is 9.90 Å². The second-order valence-corrected chi connectivity index (χ2v) is 6.32. The molecule has 1 saturated carbocycles. The number of carboxylic acid groups (broad SMARTS) is 1. The molecule has 0 aromatic carbocycles. The third-order valence-corrected chi connectivity index (χ3v) is 5.28. The van der Waals surface area contributed by atoms with E-state index in [-0.39, 0.29) is 0 Å². The van der Waals surface area contributed by atoms with Crippen LogP contribution in [0.15, 0.2) is 17.5 Å². The van der Waals surface area contributed by atoms with Gasteiger partial charge in [0, 0.05) is 5.56 Å². The Balaban J connectivity index is 1.90. The molecule has 2 aliphatic rings. The van der Waals surface area contributed by atoms with Crippen molar-refractivity contribution in [2.24, 2.45) is 11.8 Å². The molecular weight excluding hydrogens is 244 g/mol. The number of thiophene rings is 1. The Labute approximate surface area is 111 Å². The van der Waals surface area contributed by atoms with Crippen LogP contribution >= 0.6 is 11.3 Å². The van der Waals surface area contributed by atoms with Gasteiger partial charge in [-0.2, -0.15) is 0 Å². The number of allylic oxidation sites excluding steroid dienone is 2. The first-order valence-corrected chi connectivity index (χ1v) is 7.65. The Morgan fingerprint density at radius 2 is 2.11 bits per heavy atom. The predicted octanol–water partition coefficient (Wildman–Crippen LogP) is 4.43. The van der Waals surface area contributed by atoms with Gasteiger partial charge in [-0.3, -0.25) is 0 Å². The van der Waals surface area contributed by atoms with Crippen LogP contribution in [0.5, 0.6) is 0 Å². The number of aromatic carboxylic acids is 1. The van der Waals surface area contributed by atoms with Gasteiger partial charge in [0.25, 0.3) is 0 Å². The molecule has 2 aliphatic carbocycles. The van der Waals surface area contributed by atoms with Crippen molar-refractivity contribution in [3.05, 3.63) is 28.0 Å². The van der Waals surface area contributed by atoms with Crippen LogP contribution in [-0.4, -0.2) is 11.1 Å². The van der Waals surface area contributed by atoms with E-state index in [1.807, 2.05) is 11.4 Å². The highest BCUT2D eigenvalue weighted by molar-refractivity contribution is 7.12. The lowest BCUT2D eigenvalue weighted by Gasteiger charge is -2.34. The number of carbonyl (C=O) groups is 1. The van der Waals surface area contributed by atoms with Crippen molar-refractivity contribution in [1.29, 1.82) is 0 Å². The Morgan fingerprint density at radius 1 is 1.28 bits per heavy atom. The van der Waals surface area contributed by atoms with Gasteiger partial charge in [0.05, 0.1) is 0 Å². The normalized spacial score (nSPS) is 27.4. The Bertz CT molecular complexity index is 486. The maximum Gasteiger partial charge on any atom is 0.346 e. The molecule has 3 rings (SSSR count). The molecule has 18 heavy (non-hydrogen) atoms. The molecule has 0 bridgehead atoms. The summed E-state index contributed by atoms with van der Waals surface area (Å²) < 4.78 is 0. The number of rotatable bonds is 2. The summed E-state index contributed by atoms with van der Waals surface area (Å²) in [6.45, 7) is 0. The molecule has 1 fully saturated rings. The van der Waals surface area contributed by atoms with Crippen LogP contribution in [0.1, 0.15) is 53.8 Å². The number of hydrogen-bond donors (Lipinski definition) is 1. The second-order valence-electron chi connectivity index (χ2n) is 5.41. The van der Waals surface area contributed by atoms with Gasteiger partial charge in [0.15, 0.2) is 0 Å². The lowest BCUT2D eigenvalue weighted by molar-refractivity contribution is 0.0702. The maximum atomic E-state index is 11.2. The summed E-state index contributed by atoms with van der Waals surface area (Å²) in [4.78, 5) is 11.7. The predicted molar refractivity (Wildman–Crippen MR) is 73.9 cm³/mol. The fraction of sp³-hybridized carbons (Fsp3) is 0.533. The van der Waals surface area contributed by atoms with Crippen molar-refractivity contribution in [3.8, 4) is 0 Å². The van der Waals surface area contributed by atoms with Crippen molar-refractivity contribution >= 4 is 22.9 Å². The summed E-state index contributed by atoms with van der Waals surface area (Å²) >= 11 is 1.34. The van der Waals surface area contributed by atoms with E-state index in [4.69, 9.17) is 0 Å². The summed E-state index contributed by atoms with van der Waals surface area (Å²) in [6.07, 6.45) is 10.0. The van der Waals surface area contributed by atoms with Crippen LogP contribution < -0.4 is 0 Å². The van der Waals surface area contributed by atoms with Crippen molar-refractivity contribution in [1.82, 2.24) is 0 Å². The molecule has 0 amide bonds. The molecule has 1 heterocycles. The molecule has 0 saturated heterocycles. The van der Waals surface area contributed by atoms with Gasteiger partial charge in [0.1, 0.15) is 4.88 Å². The molecule has 2 nitrogen and oxygen atoms in total. The summed E-state index contributed by atoms with van der Waals surface area (Å²) in [5, 5.41) is 11.1. The van der Waals surface area contributed by atoms with E-state index >= 15 is 0 Å². The van der Waals surface area contributed by atoms with Gasteiger partial charge < -0.3 is 5.11 Å². The topological polar surface area (TPSA) is 37.3 Å². The minimum atomic E-state index is -0.785. The van der Waals surface area contributed by atoms with Gasteiger partial charge in [-0.1, -0.05) is 18.9 Å². The fourth-order valence-corrected chi connectivity index (χ4v) is 4.22. The smallest absolute Gasteiger partial charge is 0.346 e. The van der Waals surface area contributed by atoms with Gasteiger partial charge in [-0.25, -0.2) is 4.79 Å². The quantitative estimate of drug-likeness (QED) is 0.856.